The highest BCUT2D eigenvalue weighted by Crippen LogP contribution is 2.26. The minimum absolute atomic E-state index is 0.108. The summed E-state index contributed by atoms with van der Waals surface area (Å²) >= 11 is 1.32. The largest absolute Gasteiger partial charge is 0.377 e. The number of amides is 1. The van der Waals surface area contributed by atoms with Gasteiger partial charge in [0.15, 0.2) is 0 Å². The van der Waals surface area contributed by atoms with Crippen LogP contribution in [-0.4, -0.2) is 37.8 Å². The van der Waals surface area contributed by atoms with Gasteiger partial charge in [0.05, 0.1) is 11.9 Å². The monoisotopic (exact) mass is 380 g/mol. The first-order valence-electron chi connectivity index (χ1n) is 8.12. The third kappa shape index (κ3) is 4.65. The summed E-state index contributed by atoms with van der Waals surface area (Å²) in [5, 5.41) is 2.26. The van der Waals surface area contributed by atoms with Crippen molar-refractivity contribution in [1.29, 1.82) is 0 Å². The molecule has 1 unspecified atom stereocenters. The van der Waals surface area contributed by atoms with Gasteiger partial charge in [-0.25, -0.2) is 18.1 Å². The first-order valence-corrected chi connectivity index (χ1v) is 10.7. The van der Waals surface area contributed by atoms with Gasteiger partial charge in [-0.05, 0) is 31.7 Å². The average molecular weight is 380 g/mol. The van der Waals surface area contributed by atoms with E-state index in [0.29, 0.717) is 18.0 Å². The third-order valence-electron chi connectivity index (χ3n) is 4.04. The number of rotatable bonds is 5. The molecule has 1 aromatic carbocycles. The van der Waals surface area contributed by atoms with Crippen LogP contribution in [-0.2, 0) is 14.8 Å². The van der Waals surface area contributed by atoms with Crippen LogP contribution in [0.5, 0.6) is 0 Å². The molecule has 0 bridgehead atoms. The highest BCUT2D eigenvalue weighted by atomic mass is 32.2. The van der Waals surface area contributed by atoms with E-state index in [-0.39, 0.29) is 17.6 Å². The molecule has 0 radical (unpaired) electrons. The Bertz CT molecular complexity index is 855. The van der Waals surface area contributed by atoms with Gasteiger partial charge < -0.3 is 4.74 Å². The molecule has 25 heavy (non-hydrogen) atoms. The molecule has 2 heterocycles. The Kier molecular flexibility index (Phi) is 5.51. The topological polar surface area (TPSA) is 85.4 Å². The van der Waals surface area contributed by atoms with Gasteiger partial charge in [-0.2, -0.15) is 0 Å². The molecule has 8 heteroatoms. The number of aromatic nitrogens is 1. The summed E-state index contributed by atoms with van der Waals surface area (Å²) < 4.78 is 31.9. The molecule has 0 spiro atoms. The van der Waals surface area contributed by atoms with E-state index in [4.69, 9.17) is 4.74 Å². The van der Waals surface area contributed by atoms with E-state index in [1.165, 1.54) is 11.3 Å². The van der Waals surface area contributed by atoms with E-state index >= 15 is 0 Å². The number of carbonyl (C=O) groups is 1. The van der Waals surface area contributed by atoms with Gasteiger partial charge in [0.1, 0.15) is 10.7 Å². The molecule has 1 N–H and O–H groups in total. The number of nitrogens with zero attached hydrogens (tertiary/aromatic N) is 1. The summed E-state index contributed by atoms with van der Waals surface area (Å²) in [6.07, 6.45) is 2.24. The second-order valence-corrected chi connectivity index (χ2v) is 8.68. The Morgan fingerprint density at radius 1 is 1.36 bits per heavy atom. The van der Waals surface area contributed by atoms with E-state index in [0.717, 1.165) is 24.0 Å². The average Bonchev–Trinajstić information content (AvgIpc) is 3.05. The molecule has 2 aromatic rings. The Hall–Kier alpha value is -1.77. The maximum atomic E-state index is 12.2. The van der Waals surface area contributed by atoms with E-state index in [1.54, 1.807) is 5.38 Å². The van der Waals surface area contributed by atoms with E-state index < -0.39 is 15.9 Å². The zero-order valence-corrected chi connectivity index (χ0v) is 15.5. The molecule has 1 aromatic heterocycles. The van der Waals surface area contributed by atoms with Crippen LogP contribution in [0, 0.1) is 6.92 Å². The van der Waals surface area contributed by atoms with Gasteiger partial charge in [-0.15, -0.1) is 11.3 Å². The number of sulfonamides is 1. The molecule has 1 atom stereocenters. The minimum Gasteiger partial charge on any atom is -0.377 e. The lowest BCUT2D eigenvalue weighted by Crippen LogP contribution is -2.38. The van der Waals surface area contributed by atoms with Crippen molar-refractivity contribution in [1.82, 2.24) is 9.71 Å². The Morgan fingerprint density at radius 2 is 2.16 bits per heavy atom. The molecule has 1 aliphatic rings. The van der Waals surface area contributed by atoms with Gasteiger partial charge in [-0.1, -0.05) is 24.3 Å². The van der Waals surface area contributed by atoms with Crippen LogP contribution in [0.3, 0.4) is 0 Å². The molecule has 0 saturated carbocycles. The molecule has 1 aliphatic heterocycles. The van der Waals surface area contributed by atoms with E-state index in [9.17, 15) is 13.2 Å². The predicted molar refractivity (Wildman–Crippen MR) is 97.1 cm³/mol. The number of hydrogen-bond acceptors (Lipinski definition) is 6. The minimum atomic E-state index is -3.75. The number of ether oxygens (including phenoxy) is 1. The van der Waals surface area contributed by atoms with Crippen molar-refractivity contribution in [3.05, 3.63) is 40.9 Å². The number of aryl methyl sites for hydroxylation is 1. The van der Waals surface area contributed by atoms with Crippen molar-refractivity contribution in [2.24, 2.45) is 0 Å². The number of thiazole rings is 1. The maximum absolute atomic E-state index is 12.2. The van der Waals surface area contributed by atoms with Gasteiger partial charge in [-0.3, -0.25) is 4.79 Å². The fourth-order valence-electron chi connectivity index (χ4n) is 2.73. The zero-order chi connectivity index (χ0) is 17.9. The number of nitrogens with one attached hydrogen (secondary N) is 1. The molecular formula is C17H20N2O4S2. The lowest BCUT2D eigenvalue weighted by Gasteiger charge is -2.22. The quantitative estimate of drug-likeness (QED) is 0.862. The summed E-state index contributed by atoms with van der Waals surface area (Å²) in [4.78, 5) is 16.5. The molecule has 1 saturated heterocycles. The molecule has 134 valence electrons. The highest BCUT2D eigenvalue weighted by Gasteiger charge is 2.25. The van der Waals surface area contributed by atoms with Crippen LogP contribution in [0.1, 0.15) is 35.3 Å². The number of carbonyl (C=O) groups excluding carboxylic acids is 1. The van der Waals surface area contributed by atoms with Crippen LogP contribution in [0.15, 0.2) is 29.6 Å². The smallest absolute Gasteiger partial charge is 0.284 e. The van der Waals surface area contributed by atoms with Crippen molar-refractivity contribution < 1.29 is 17.9 Å². The molecule has 0 aliphatic carbocycles. The number of benzene rings is 1. The summed E-state index contributed by atoms with van der Waals surface area (Å²) in [7, 11) is -3.75. The standard InChI is InChI=1S/C17H20N2O4S2/c1-12-6-2-3-8-14(12)17-18-15(10-24-17)16(20)19-25(21,22)11-13-7-4-5-9-23-13/h2-3,6,8,10,13H,4-5,7,9,11H2,1H3,(H,19,20). The Morgan fingerprint density at radius 3 is 2.88 bits per heavy atom. The molecule has 1 fully saturated rings. The molecule has 3 rings (SSSR count). The number of hydrogen-bond donors (Lipinski definition) is 1. The van der Waals surface area contributed by atoms with Crippen molar-refractivity contribution in [3.8, 4) is 10.6 Å². The van der Waals surface area contributed by atoms with E-state index in [2.05, 4.69) is 9.71 Å². The van der Waals surface area contributed by atoms with Crippen LogP contribution in [0.2, 0.25) is 0 Å². The van der Waals surface area contributed by atoms with Crippen LogP contribution >= 0.6 is 11.3 Å². The summed E-state index contributed by atoms with van der Waals surface area (Å²) in [6, 6.07) is 7.72. The van der Waals surface area contributed by atoms with Crippen LogP contribution < -0.4 is 4.72 Å². The molecular weight excluding hydrogens is 360 g/mol. The Balaban J connectivity index is 1.68. The van der Waals surface area contributed by atoms with Gasteiger partial charge in [0, 0.05) is 17.6 Å². The SMILES string of the molecule is Cc1ccccc1-c1nc(C(=O)NS(=O)(=O)CC2CCCCO2)cs1. The maximum Gasteiger partial charge on any atom is 0.284 e. The fraction of sp³-hybridized carbons (Fsp3) is 0.412. The van der Waals surface area contributed by atoms with Gasteiger partial charge >= 0.3 is 0 Å². The van der Waals surface area contributed by atoms with Crippen molar-refractivity contribution in [2.75, 3.05) is 12.4 Å². The molecule has 1 amide bonds. The summed E-state index contributed by atoms with van der Waals surface area (Å²) in [5.41, 5.74) is 2.09. The van der Waals surface area contributed by atoms with Crippen molar-refractivity contribution in [3.63, 3.8) is 0 Å². The second-order valence-electron chi connectivity index (χ2n) is 6.05. The zero-order valence-electron chi connectivity index (χ0n) is 13.9. The second kappa shape index (κ2) is 7.63. The lowest BCUT2D eigenvalue weighted by molar-refractivity contribution is 0.0304. The summed E-state index contributed by atoms with van der Waals surface area (Å²) in [6.45, 7) is 2.53. The predicted octanol–water partition coefficient (Wildman–Crippen LogP) is 2.75. The van der Waals surface area contributed by atoms with Gasteiger partial charge in [0.2, 0.25) is 10.0 Å². The van der Waals surface area contributed by atoms with Gasteiger partial charge in [0.25, 0.3) is 5.91 Å². The highest BCUT2D eigenvalue weighted by molar-refractivity contribution is 7.90. The van der Waals surface area contributed by atoms with Crippen molar-refractivity contribution in [2.45, 2.75) is 32.3 Å². The third-order valence-corrected chi connectivity index (χ3v) is 6.22. The first kappa shape index (κ1) is 18.0. The first-order chi connectivity index (χ1) is 11.9. The van der Waals surface area contributed by atoms with E-state index in [1.807, 2.05) is 31.2 Å². The normalized spacial score (nSPS) is 18.0. The van der Waals surface area contributed by atoms with Crippen molar-refractivity contribution >= 4 is 27.3 Å². The van der Waals surface area contributed by atoms with Crippen LogP contribution in [0.25, 0.3) is 10.6 Å². The fourth-order valence-corrected chi connectivity index (χ4v) is 4.85. The molecule has 6 nitrogen and oxygen atoms in total. The lowest BCUT2D eigenvalue weighted by atomic mass is 10.1. The summed E-state index contributed by atoms with van der Waals surface area (Å²) in [5.74, 6) is -0.903. The Labute approximate surface area is 151 Å². The van der Waals surface area contributed by atoms with Crippen LogP contribution in [0.4, 0.5) is 0 Å².